The Morgan fingerprint density at radius 2 is 1.96 bits per heavy atom. The Morgan fingerprint density at radius 3 is 2.75 bits per heavy atom. The maximum atomic E-state index is 11.6. The summed E-state index contributed by atoms with van der Waals surface area (Å²) in [5.74, 6) is 6.65. The third kappa shape index (κ3) is 6.23. The predicted octanol–water partition coefficient (Wildman–Crippen LogP) is 3.23. The summed E-state index contributed by atoms with van der Waals surface area (Å²) >= 11 is 5.96. The number of hydrogen-bond donors (Lipinski definition) is 1. The first-order valence-electron chi connectivity index (χ1n) is 7.44. The Hall–Kier alpha value is -2.64. The van der Waals surface area contributed by atoms with Gasteiger partial charge >= 0.3 is 0 Å². The average molecular weight is 344 g/mol. The second-order valence-electron chi connectivity index (χ2n) is 4.95. The molecule has 0 aromatic heterocycles. The zero-order chi connectivity index (χ0) is 17.2. The molecule has 2 aromatic rings. The Morgan fingerprint density at radius 1 is 1.12 bits per heavy atom. The molecule has 0 fully saturated rings. The topological polar surface area (TPSA) is 47.6 Å². The number of aryl methyl sites for hydroxylation is 1. The van der Waals surface area contributed by atoms with Crippen molar-refractivity contribution in [3.8, 4) is 23.3 Å². The maximum Gasteiger partial charge on any atom is 0.258 e. The highest BCUT2D eigenvalue weighted by atomic mass is 35.5. The molecule has 0 radical (unpaired) electrons. The average Bonchev–Trinajstić information content (AvgIpc) is 2.57. The van der Waals surface area contributed by atoms with Crippen molar-refractivity contribution in [3.63, 3.8) is 0 Å². The highest BCUT2D eigenvalue weighted by Crippen LogP contribution is 2.22. The van der Waals surface area contributed by atoms with Crippen LogP contribution in [-0.4, -0.2) is 25.7 Å². The molecule has 0 saturated carbocycles. The normalized spacial score (nSPS) is 9.58. The van der Waals surface area contributed by atoms with Crippen LogP contribution in [0.3, 0.4) is 0 Å². The van der Waals surface area contributed by atoms with Gasteiger partial charge < -0.3 is 14.8 Å². The number of para-hydroxylation sites is 1. The lowest BCUT2D eigenvalue weighted by atomic mass is 10.2. The number of rotatable bonds is 6. The van der Waals surface area contributed by atoms with E-state index in [-0.39, 0.29) is 25.7 Å². The monoisotopic (exact) mass is 343 g/mol. The Balaban J connectivity index is 1.63. The molecule has 4 nitrogen and oxygen atoms in total. The van der Waals surface area contributed by atoms with Gasteiger partial charge in [-0.15, -0.1) is 0 Å². The largest absolute Gasteiger partial charge is 0.484 e. The predicted molar refractivity (Wildman–Crippen MR) is 94.4 cm³/mol. The van der Waals surface area contributed by atoms with Crippen LogP contribution in [-0.2, 0) is 4.79 Å². The van der Waals surface area contributed by atoms with Gasteiger partial charge in [0.25, 0.3) is 5.91 Å². The van der Waals surface area contributed by atoms with Crippen LogP contribution >= 0.6 is 11.6 Å². The first kappa shape index (κ1) is 17.7. The van der Waals surface area contributed by atoms with Crippen molar-refractivity contribution < 1.29 is 14.3 Å². The molecule has 0 aliphatic heterocycles. The molecular formula is C19H18ClNO3. The molecule has 0 bridgehead atoms. The SMILES string of the molecule is Cc1cccc(OCC(=O)NCC#CCOc2ccccc2Cl)c1. The minimum atomic E-state index is -0.224. The molecule has 0 aliphatic carbocycles. The molecular weight excluding hydrogens is 326 g/mol. The lowest BCUT2D eigenvalue weighted by Crippen LogP contribution is -2.29. The van der Waals surface area contributed by atoms with E-state index in [1.807, 2.05) is 43.3 Å². The number of amides is 1. The molecule has 1 N–H and O–H groups in total. The second kappa shape index (κ2) is 9.49. The van der Waals surface area contributed by atoms with Crippen molar-refractivity contribution >= 4 is 17.5 Å². The molecule has 124 valence electrons. The third-order valence-electron chi connectivity index (χ3n) is 2.99. The van der Waals surface area contributed by atoms with Gasteiger partial charge in [-0.05, 0) is 36.8 Å². The van der Waals surface area contributed by atoms with Gasteiger partial charge in [0.05, 0.1) is 11.6 Å². The maximum absolute atomic E-state index is 11.6. The molecule has 0 saturated heterocycles. The fourth-order valence-corrected chi connectivity index (χ4v) is 2.03. The van der Waals surface area contributed by atoms with E-state index < -0.39 is 0 Å². The van der Waals surface area contributed by atoms with Crippen molar-refractivity contribution in [1.82, 2.24) is 5.32 Å². The number of benzene rings is 2. The summed E-state index contributed by atoms with van der Waals surface area (Å²) in [4.78, 5) is 11.6. The molecule has 0 heterocycles. The summed E-state index contributed by atoms with van der Waals surface area (Å²) in [6.07, 6.45) is 0. The van der Waals surface area contributed by atoms with Crippen LogP contribution in [0.15, 0.2) is 48.5 Å². The van der Waals surface area contributed by atoms with Crippen LogP contribution in [0, 0.1) is 18.8 Å². The molecule has 2 rings (SSSR count). The van der Waals surface area contributed by atoms with E-state index in [0.717, 1.165) is 5.56 Å². The van der Waals surface area contributed by atoms with Gasteiger partial charge in [0.15, 0.2) is 6.61 Å². The number of ether oxygens (including phenoxy) is 2. The van der Waals surface area contributed by atoms with E-state index in [4.69, 9.17) is 21.1 Å². The zero-order valence-electron chi connectivity index (χ0n) is 13.3. The number of hydrogen-bond acceptors (Lipinski definition) is 3. The van der Waals surface area contributed by atoms with Crippen molar-refractivity contribution in [2.24, 2.45) is 0 Å². The molecule has 0 unspecified atom stereocenters. The fourth-order valence-electron chi connectivity index (χ4n) is 1.84. The molecule has 24 heavy (non-hydrogen) atoms. The standard InChI is InChI=1S/C19H18ClNO3/c1-15-7-6-8-16(13-15)24-14-19(22)21-11-4-5-12-23-18-10-3-2-9-17(18)20/h2-3,6-10,13H,11-12,14H2,1H3,(H,21,22). The van der Waals surface area contributed by atoms with Crippen LogP contribution in [0.5, 0.6) is 11.5 Å². The van der Waals surface area contributed by atoms with E-state index in [1.165, 1.54) is 0 Å². The smallest absolute Gasteiger partial charge is 0.258 e. The van der Waals surface area contributed by atoms with Gasteiger partial charge in [0.2, 0.25) is 0 Å². The summed E-state index contributed by atoms with van der Waals surface area (Å²) in [7, 11) is 0. The highest BCUT2D eigenvalue weighted by Gasteiger charge is 2.01. The minimum absolute atomic E-state index is 0.0404. The van der Waals surface area contributed by atoms with Crippen molar-refractivity contribution in [2.45, 2.75) is 6.92 Å². The summed E-state index contributed by atoms with van der Waals surface area (Å²) in [6, 6.07) is 14.7. The summed E-state index contributed by atoms with van der Waals surface area (Å²) < 4.78 is 10.8. The first-order valence-corrected chi connectivity index (χ1v) is 7.82. The number of carbonyl (C=O) groups is 1. The third-order valence-corrected chi connectivity index (χ3v) is 3.31. The van der Waals surface area contributed by atoms with Crippen LogP contribution in [0.1, 0.15) is 5.56 Å². The Labute approximate surface area is 146 Å². The van der Waals surface area contributed by atoms with Gasteiger partial charge in [-0.25, -0.2) is 0 Å². The van der Waals surface area contributed by atoms with Gasteiger partial charge in [-0.2, -0.15) is 0 Å². The van der Waals surface area contributed by atoms with Crippen LogP contribution in [0.4, 0.5) is 0 Å². The molecule has 2 aromatic carbocycles. The molecule has 1 amide bonds. The molecule has 0 atom stereocenters. The fraction of sp³-hybridized carbons (Fsp3) is 0.211. The highest BCUT2D eigenvalue weighted by molar-refractivity contribution is 6.32. The number of halogens is 1. The van der Waals surface area contributed by atoms with Crippen LogP contribution < -0.4 is 14.8 Å². The van der Waals surface area contributed by atoms with Gasteiger partial charge in [-0.3, -0.25) is 4.79 Å². The quantitative estimate of drug-likeness (QED) is 0.819. The Bertz CT molecular complexity index is 750. The van der Waals surface area contributed by atoms with Gasteiger partial charge in [0, 0.05) is 0 Å². The van der Waals surface area contributed by atoms with E-state index in [2.05, 4.69) is 17.2 Å². The number of carbonyl (C=O) groups excluding carboxylic acids is 1. The van der Waals surface area contributed by atoms with E-state index in [0.29, 0.717) is 16.5 Å². The van der Waals surface area contributed by atoms with E-state index in [1.54, 1.807) is 12.1 Å². The first-order chi connectivity index (χ1) is 11.6. The lowest BCUT2D eigenvalue weighted by molar-refractivity contribution is -0.122. The molecule has 5 heteroatoms. The van der Waals surface area contributed by atoms with E-state index >= 15 is 0 Å². The molecule has 0 aliphatic rings. The van der Waals surface area contributed by atoms with Crippen molar-refractivity contribution in [1.29, 1.82) is 0 Å². The summed E-state index contributed by atoms with van der Waals surface area (Å²) in [5.41, 5.74) is 1.08. The van der Waals surface area contributed by atoms with E-state index in [9.17, 15) is 4.79 Å². The zero-order valence-corrected chi connectivity index (χ0v) is 14.1. The van der Waals surface area contributed by atoms with Gasteiger partial charge in [0.1, 0.15) is 18.1 Å². The summed E-state index contributed by atoms with van der Waals surface area (Å²) in [6.45, 7) is 2.37. The van der Waals surface area contributed by atoms with Crippen LogP contribution in [0.2, 0.25) is 5.02 Å². The molecule has 0 spiro atoms. The minimum Gasteiger partial charge on any atom is -0.484 e. The van der Waals surface area contributed by atoms with Crippen LogP contribution in [0.25, 0.3) is 0 Å². The summed E-state index contributed by atoms with van der Waals surface area (Å²) in [5, 5.41) is 3.20. The van der Waals surface area contributed by atoms with Crippen molar-refractivity contribution in [3.05, 3.63) is 59.1 Å². The Kier molecular flexibility index (Phi) is 7.00. The number of nitrogens with one attached hydrogen (secondary N) is 1. The van der Waals surface area contributed by atoms with Gasteiger partial charge in [-0.1, -0.05) is 47.7 Å². The second-order valence-corrected chi connectivity index (χ2v) is 5.36. The van der Waals surface area contributed by atoms with Crippen molar-refractivity contribution in [2.75, 3.05) is 19.8 Å². The lowest BCUT2D eigenvalue weighted by Gasteiger charge is -2.06.